The van der Waals surface area contributed by atoms with Gasteiger partial charge in [0, 0.05) is 23.5 Å². The van der Waals surface area contributed by atoms with Crippen molar-refractivity contribution in [2.75, 3.05) is 20.3 Å². The lowest BCUT2D eigenvalue weighted by Crippen LogP contribution is -2.59. The van der Waals surface area contributed by atoms with Crippen LogP contribution in [0.15, 0.2) is 24.3 Å². The number of aromatic nitrogens is 2. The Kier molecular flexibility index (Phi) is 3.98. The number of nitrogens with zero attached hydrogens (tertiary/aromatic N) is 3. The van der Waals surface area contributed by atoms with Crippen molar-refractivity contribution in [1.82, 2.24) is 20.0 Å². The summed E-state index contributed by atoms with van der Waals surface area (Å²) >= 11 is 0. The number of ether oxygens (including phenoxy) is 1. The van der Waals surface area contributed by atoms with Crippen LogP contribution in [-0.4, -0.2) is 59.0 Å². The fourth-order valence-corrected chi connectivity index (χ4v) is 4.63. The van der Waals surface area contributed by atoms with Gasteiger partial charge in [0.25, 0.3) is 5.91 Å². The SMILES string of the molecule is CN1C2COCC1CC(NC(=O)c1nn(C3CCC3)c3ccccc13)C2. The van der Waals surface area contributed by atoms with Gasteiger partial charge in [-0.1, -0.05) is 18.2 Å². The van der Waals surface area contributed by atoms with Crippen LogP contribution in [0.25, 0.3) is 10.9 Å². The molecule has 6 heteroatoms. The second kappa shape index (κ2) is 6.35. The molecule has 5 rings (SSSR count). The van der Waals surface area contributed by atoms with Crippen molar-refractivity contribution in [1.29, 1.82) is 0 Å². The number of amides is 1. The van der Waals surface area contributed by atoms with Crippen molar-refractivity contribution in [3.8, 4) is 0 Å². The Bertz CT molecular complexity index is 814. The van der Waals surface area contributed by atoms with Gasteiger partial charge in [-0.05, 0) is 45.2 Å². The maximum atomic E-state index is 13.0. The molecule has 3 aliphatic rings. The average molecular weight is 354 g/mol. The van der Waals surface area contributed by atoms with Crippen molar-refractivity contribution < 1.29 is 9.53 Å². The fraction of sp³-hybridized carbons (Fsp3) is 0.600. The summed E-state index contributed by atoms with van der Waals surface area (Å²) in [5, 5.41) is 8.97. The number of fused-ring (bicyclic) bond motifs is 3. The highest BCUT2D eigenvalue weighted by Gasteiger charge is 2.37. The second-order valence-corrected chi connectivity index (χ2v) is 8.05. The van der Waals surface area contributed by atoms with E-state index in [1.165, 1.54) is 6.42 Å². The van der Waals surface area contributed by atoms with Crippen LogP contribution < -0.4 is 5.32 Å². The van der Waals surface area contributed by atoms with Gasteiger partial charge in [-0.2, -0.15) is 5.10 Å². The van der Waals surface area contributed by atoms with Crippen LogP contribution in [0.2, 0.25) is 0 Å². The van der Waals surface area contributed by atoms with Crippen molar-refractivity contribution in [2.24, 2.45) is 0 Å². The molecule has 6 nitrogen and oxygen atoms in total. The van der Waals surface area contributed by atoms with E-state index in [2.05, 4.69) is 28.0 Å². The van der Waals surface area contributed by atoms with Gasteiger partial charge in [-0.25, -0.2) is 0 Å². The van der Waals surface area contributed by atoms with E-state index in [1.807, 2.05) is 18.2 Å². The maximum Gasteiger partial charge on any atom is 0.272 e. The minimum Gasteiger partial charge on any atom is -0.378 e. The quantitative estimate of drug-likeness (QED) is 0.919. The molecule has 0 radical (unpaired) electrons. The van der Waals surface area contributed by atoms with Crippen LogP contribution in [0.4, 0.5) is 0 Å². The van der Waals surface area contributed by atoms with Crippen LogP contribution in [0, 0.1) is 0 Å². The first-order valence-electron chi connectivity index (χ1n) is 9.78. The molecule has 3 fully saturated rings. The molecule has 2 aromatic rings. The summed E-state index contributed by atoms with van der Waals surface area (Å²) in [4.78, 5) is 15.4. The fourth-order valence-electron chi connectivity index (χ4n) is 4.63. The molecule has 26 heavy (non-hydrogen) atoms. The molecule has 2 bridgehead atoms. The Labute approximate surface area is 153 Å². The van der Waals surface area contributed by atoms with E-state index in [0.29, 0.717) is 23.8 Å². The monoisotopic (exact) mass is 354 g/mol. The minimum atomic E-state index is -0.0344. The van der Waals surface area contributed by atoms with Gasteiger partial charge in [-0.3, -0.25) is 14.4 Å². The molecule has 2 aliphatic heterocycles. The van der Waals surface area contributed by atoms with Crippen LogP contribution in [0.5, 0.6) is 0 Å². The second-order valence-electron chi connectivity index (χ2n) is 8.05. The third-order valence-electron chi connectivity index (χ3n) is 6.47. The van der Waals surface area contributed by atoms with E-state index < -0.39 is 0 Å². The molecule has 2 unspecified atom stereocenters. The Morgan fingerprint density at radius 3 is 2.58 bits per heavy atom. The largest absolute Gasteiger partial charge is 0.378 e. The molecule has 2 atom stereocenters. The first kappa shape index (κ1) is 16.3. The van der Waals surface area contributed by atoms with Gasteiger partial charge >= 0.3 is 0 Å². The van der Waals surface area contributed by atoms with Crippen molar-refractivity contribution in [2.45, 2.75) is 56.3 Å². The molecule has 2 saturated heterocycles. The van der Waals surface area contributed by atoms with Crippen molar-refractivity contribution in [3.63, 3.8) is 0 Å². The van der Waals surface area contributed by atoms with Crippen molar-refractivity contribution in [3.05, 3.63) is 30.0 Å². The summed E-state index contributed by atoms with van der Waals surface area (Å²) in [5.41, 5.74) is 1.66. The van der Waals surface area contributed by atoms with E-state index >= 15 is 0 Å². The average Bonchev–Trinajstić information content (AvgIpc) is 2.94. The third-order valence-corrected chi connectivity index (χ3v) is 6.47. The number of morpholine rings is 1. The first-order valence-corrected chi connectivity index (χ1v) is 9.78. The number of nitrogens with one attached hydrogen (secondary N) is 1. The number of carbonyl (C=O) groups is 1. The topological polar surface area (TPSA) is 59.4 Å². The van der Waals surface area contributed by atoms with E-state index in [9.17, 15) is 4.79 Å². The van der Waals surface area contributed by atoms with Gasteiger partial charge in [0.2, 0.25) is 0 Å². The van der Waals surface area contributed by atoms with Crippen LogP contribution in [0.3, 0.4) is 0 Å². The molecular weight excluding hydrogens is 328 g/mol. The summed E-state index contributed by atoms with van der Waals surface area (Å²) in [6.07, 6.45) is 5.46. The summed E-state index contributed by atoms with van der Waals surface area (Å²) in [6.45, 7) is 1.53. The van der Waals surface area contributed by atoms with Gasteiger partial charge in [0.05, 0.1) is 24.8 Å². The number of benzene rings is 1. The highest BCUT2D eigenvalue weighted by molar-refractivity contribution is 6.05. The summed E-state index contributed by atoms with van der Waals surface area (Å²) in [5.74, 6) is -0.0344. The number of hydrogen-bond acceptors (Lipinski definition) is 4. The lowest BCUT2D eigenvalue weighted by molar-refractivity contribution is -0.0670. The molecule has 138 valence electrons. The highest BCUT2D eigenvalue weighted by Crippen LogP contribution is 2.34. The predicted octanol–water partition coefficient (Wildman–Crippen LogP) is 2.35. The number of carbonyl (C=O) groups excluding carboxylic acids is 1. The molecule has 1 saturated carbocycles. The van der Waals surface area contributed by atoms with E-state index in [1.54, 1.807) is 0 Å². The molecule has 3 heterocycles. The molecule has 1 amide bonds. The van der Waals surface area contributed by atoms with Gasteiger partial charge in [-0.15, -0.1) is 0 Å². The summed E-state index contributed by atoms with van der Waals surface area (Å²) in [6, 6.07) is 9.56. The summed E-state index contributed by atoms with van der Waals surface area (Å²) < 4.78 is 7.76. The van der Waals surface area contributed by atoms with E-state index in [0.717, 1.165) is 49.8 Å². The van der Waals surface area contributed by atoms with Crippen LogP contribution in [-0.2, 0) is 4.74 Å². The molecule has 1 aliphatic carbocycles. The molecule has 0 spiro atoms. The molecule has 1 aromatic carbocycles. The smallest absolute Gasteiger partial charge is 0.272 e. The van der Waals surface area contributed by atoms with Gasteiger partial charge < -0.3 is 10.1 Å². The Balaban J connectivity index is 1.39. The minimum absolute atomic E-state index is 0.0344. The Morgan fingerprint density at radius 1 is 1.15 bits per heavy atom. The van der Waals surface area contributed by atoms with Crippen LogP contribution >= 0.6 is 0 Å². The lowest BCUT2D eigenvalue weighted by atomic mass is 9.90. The number of rotatable bonds is 3. The number of likely N-dealkylation sites (N-methyl/N-ethyl adjacent to an activating group) is 1. The standard InChI is InChI=1S/C20H26N4O2/c1-23-15-9-13(10-16(23)12-26-11-15)21-20(25)19-17-7-2-3-8-18(17)24(22-19)14-5-4-6-14/h2-3,7-8,13-16H,4-6,9-12H2,1H3,(H,21,25). The lowest BCUT2D eigenvalue weighted by Gasteiger charge is -2.46. The third kappa shape index (κ3) is 2.63. The van der Waals surface area contributed by atoms with E-state index in [-0.39, 0.29) is 11.9 Å². The normalized spacial score (nSPS) is 29.5. The zero-order valence-corrected chi connectivity index (χ0v) is 15.2. The van der Waals surface area contributed by atoms with Crippen molar-refractivity contribution >= 4 is 16.8 Å². The predicted molar refractivity (Wildman–Crippen MR) is 99.3 cm³/mol. The number of hydrogen-bond donors (Lipinski definition) is 1. The van der Waals surface area contributed by atoms with Gasteiger partial charge in [0.15, 0.2) is 5.69 Å². The van der Waals surface area contributed by atoms with Crippen LogP contribution in [0.1, 0.15) is 48.6 Å². The number of piperidine rings is 1. The Hall–Kier alpha value is -1.92. The highest BCUT2D eigenvalue weighted by atomic mass is 16.5. The molecule has 1 N–H and O–H groups in total. The van der Waals surface area contributed by atoms with E-state index in [4.69, 9.17) is 9.84 Å². The first-order chi connectivity index (χ1) is 12.7. The molecule has 1 aromatic heterocycles. The zero-order valence-electron chi connectivity index (χ0n) is 15.2. The molecular formula is C20H26N4O2. The Morgan fingerprint density at radius 2 is 1.88 bits per heavy atom. The number of para-hydroxylation sites is 1. The summed E-state index contributed by atoms with van der Waals surface area (Å²) in [7, 11) is 2.17. The van der Waals surface area contributed by atoms with Gasteiger partial charge in [0.1, 0.15) is 0 Å². The maximum absolute atomic E-state index is 13.0. The zero-order chi connectivity index (χ0) is 17.7.